The molecule has 1 heterocycles. The van der Waals surface area contributed by atoms with Crippen LogP contribution in [0.5, 0.6) is 0 Å². The fourth-order valence-electron chi connectivity index (χ4n) is 3.83. The van der Waals surface area contributed by atoms with Gasteiger partial charge in [0, 0.05) is 33.5 Å². The van der Waals surface area contributed by atoms with Gasteiger partial charge in [-0.3, -0.25) is 4.79 Å². The Morgan fingerprint density at radius 1 is 1.27 bits per heavy atom. The number of carbonyl (C=O) groups is 1. The van der Waals surface area contributed by atoms with Crippen molar-refractivity contribution in [2.75, 3.05) is 29.2 Å². The molecule has 1 aliphatic heterocycles. The van der Waals surface area contributed by atoms with Crippen LogP contribution in [0.4, 0.5) is 11.4 Å². The third-order valence-corrected chi connectivity index (χ3v) is 8.72. The summed E-state index contributed by atoms with van der Waals surface area (Å²) in [4.78, 5) is 16.0. The maximum Gasteiger partial charge on any atom is 0.313 e. The maximum atomic E-state index is 10.9. The van der Waals surface area contributed by atoms with Gasteiger partial charge in [-0.15, -0.1) is 35.3 Å². The van der Waals surface area contributed by atoms with Crippen LogP contribution in [0.2, 0.25) is 0 Å². The van der Waals surface area contributed by atoms with E-state index < -0.39 is 5.97 Å². The van der Waals surface area contributed by atoms with Gasteiger partial charge in [0.15, 0.2) is 0 Å². The molecular formula is C24H31NO2S3. The van der Waals surface area contributed by atoms with E-state index in [-0.39, 0.29) is 11.2 Å². The Kier molecular flexibility index (Phi) is 8.49. The van der Waals surface area contributed by atoms with E-state index in [9.17, 15) is 4.79 Å². The number of thioether (sulfide) groups is 3. The monoisotopic (exact) mass is 461 g/mol. The van der Waals surface area contributed by atoms with E-state index in [0.717, 1.165) is 18.1 Å². The largest absolute Gasteiger partial charge is 0.481 e. The van der Waals surface area contributed by atoms with Gasteiger partial charge in [0.1, 0.15) is 0 Å². The number of carboxylic acid groups (broad SMARTS) is 1. The zero-order valence-corrected chi connectivity index (χ0v) is 20.5. The normalized spacial score (nSPS) is 18.7. The zero-order valence-electron chi connectivity index (χ0n) is 18.0. The summed E-state index contributed by atoms with van der Waals surface area (Å²) in [6.45, 7) is 5.71. The van der Waals surface area contributed by atoms with Crippen molar-refractivity contribution in [3.63, 3.8) is 0 Å². The Balaban J connectivity index is 2.00. The summed E-state index contributed by atoms with van der Waals surface area (Å²) in [5.41, 5.74) is 4.00. The molecule has 0 unspecified atom stereocenters. The van der Waals surface area contributed by atoms with Gasteiger partial charge in [0.2, 0.25) is 0 Å². The fourth-order valence-corrected chi connectivity index (χ4v) is 6.56. The van der Waals surface area contributed by atoms with Gasteiger partial charge in [-0.05, 0) is 47.9 Å². The van der Waals surface area contributed by atoms with Gasteiger partial charge in [0.25, 0.3) is 0 Å². The number of para-hydroxylation sites is 1. The Hall–Kier alpha value is -1.24. The molecule has 1 atom stereocenters. The van der Waals surface area contributed by atoms with Crippen molar-refractivity contribution in [2.24, 2.45) is 5.41 Å². The van der Waals surface area contributed by atoms with Crippen molar-refractivity contribution in [3.05, 3.63) is 48.0 Å². The van der Waals surface area contributed by atoms with E-state index >= 15 is 0 Å². The number of benzene rings is 2. The summed E-state index contributed by atoms with van der Waals surface area (Å²) in [5, 5.41) is 9.00. The molecule has 0 spiro atoms. The van der Waals surface area contributed by atoms with E-state index in [4.69, 9.17) is 5.11 Å². The highest BCUT2D eigenvalue weighted by Gasteiger charge is 2.32. The number of nitrogens with zero attached hydrogens (tertiary/aromatic N) is 1. The molecule has 30 heavy (non-hydrogen) atoms. The number of aliphatic carboxylic acids is 1. The van der Waals surface area contributed by atoms with E-state index in [2.05, 4.69) is 67.5 Å². The molecule has 1 N–H and O–H groups in total. The molecule has 0 saturated carbocycles. The highest BCUT2D eigenvalue weighted by molar-refractivity contribution is 8.00. The van der Waals surface area contributed by atoms with Crippen molar-refractivity contribution in [1.82, 2.24) is 0 Å². The summed E-state index contributed by atoms with van der Waals surface area (Å²) >= 11 is 5.18. The van der Waals surface area contributed by atoms with Crippen LogP contribution in [0.15, 0.2) is 52.3 Å². The second-order valence-electron chi connectivity index (χ2n) is 8.14. The Morgan fingerprint density at radius 3 is 2.70 bits per heavy atom. The van der Waals surface area contributed by atoms with E-state index in [1.54, 1.807) is 11.8 Å². The number of carboxylic acids is 1. The number of rotatable bonds is 9. The maximum absolute atomic E-state index is 10.9. The lowest BCUT2D eigenvalue weighted by Crippen LogP contribution is -2.33. The molecule has 0 aliphatic carbocycles. The molecule has 2 aromatic rings. The van der Waals surface area contributed by atoms with Crippen LogP contribution < -0.4 is 4.90 Å². The van der Waals surface area contributed by atoms with Gasteiger partial charge in [-0.25, -0.2) is 0 Å². The van der Waals surface area contributed by atoms with Gasteiger partial charge in [-0.2, -0.15) is 0 Å². The van der Waals surface area contributed by atoms with Gasteiger partial charge < -0.3 is 10.0 Å². The number of hydrogen-bond donors (Lipinski definition) is 1. The van der Waals surface area contributed by atoms with Crippen molar-refractivity contribution in [2.45, 2.75) is 48.7 Å². The first-order valence-electron chi connectivity index (χ1n) is 10.4. The summed E-state index contributed by atoms with van der Waals surface area (Å²) in [6.07, 6.45) is 5.81. The molecule has 3 rings (SSSR count). The minimum Gasteiger partial charge on any atom is -0.481 e. The topological polar surface area (TPSA) is 40.5 Å². The minimum atomic E-state index is -0.753. The standard InChI is InChI=1S/C24H31NO2S3/c1-4-5-11-24(2)16-25(19-9-7-6-8-10-19)20-13-21(28-3)18(12-22(20)30-17-24)14-29-15-23(26)27/h6-10,12-13H,4-5,11,14-17H2,1-3H3,(H,26,27)/t24-/m0/s1. The molecule has 0 fully saturated rings. The van der Waals surface area contributed by atoms with E-state index in [0.29, 0.717) is 0 Å². The molecule has 0 saturated heterocycles. The molecule has 3 nitrogen and oxygen atoms in total. The minimum absolute atomic E-state index is 0.142. The van der Waals surface area contributed by atoms with Crippen molar-refractivity contribution in [3.8, 4) is 0 Å². The number of hydrogen-bond acceptors (Lipinski definition) is 5. The summed E-state index contributed by atoms with van der Waals surface area (Å²) in [6, 6.07) is 15.3. The summed E-state index contributed by atoms with van der Waals surface area (Å²) < 4.78 is 0. The molecular weight excluding hydrogens is 430 g/mol. The predicted octanol–water partition coefficient (Wildman–Crippen LogP) is 7.17. The average molecular weight is 462 g/mol. The highest BCUT2D eigenvalue weighted by atomic mass is 32.2. The molecule has 0 bridgehead atoms. The van der Waals surface area contributed by atoms with Crippen molar-refractivity contribution < 1.29 is 9.90 Å². The van der Waals surface area contributed by atoms with Crippen LogP contribution in [0.3, 0.4) is 0 Å². The fraction of sp³-hybridized carbons (Fsp3) is 0.458. The second kappa shape index (κ2) is 10.9. The Morgan fingerprint density at radius 2 is 2.03 bits per heavy atom. The van der Waals surface area contributed by atoms with Crippen LogP contribution in [-0.4, -0.2) is 35.4 Å². The van der Waals surface area contributed by atoms with E-state index in [1.165, 1.54) is 57.8 Å². The molecule has 0 radical (unpaired) electrons. The van der Waals surface area contributed by atoms with Crippen LogP contribution in [-0.2, 0) is 10.5 Å². The summed E-state index contributed by atoms with van der Waals surface area (Å²) in [5.74, 6) is 1.22. The van der Waals surface area contributed by atoms with Gasteiger partial charge in [0.05, 0.1) is 11.4 Å². The SMILES string of the molecule is CCCC[C@]1(C)CSc2cc(CSCC(=O)O)c(SC)cc2N(c2ccccc2)C1. The highest BCUT2D eigenvalue weighted by Crippen LogP contribution is 2.47. The lowest BCUT2D eigenvalue weighted by molar-refractivity contribution is -0.133. The number of fused-ring (bicyclic) bond motifs is 1. The van der Waals surface area contributed by atoms with Crippen LogP contribution in [0.25, 0.3) is 0 Å². The molecule has 0 amide bonds. The molecule has 1 aliphatic rings. The zero-order chi connectivity index (χ0) is 21.6. The van der Waals surface area contributed by atoms with Gasteiger partial charge in [-0.1, -0.05) is 44.9 Å². The average Bonchev–Trinajstić information content (AvgIpc) is 2.89. The van der Waals surface area contributed by atoms with Crippen molar-refractivity contribution >= 4 is 52.6 Å². The quantitative estimate of drug-likeness (QED) is 0.399. The van der Waals surface area contributed by atoms with Crippen LogP contribution in [0, 0.1) is 5.41 Å². The smallest absolute Gasteiger partial charge is 0.313 e. The molecule has 0 aromatic heterocycles. The lowest BCUT2D eigenvalue weighted by atomic mass is 9.86. The predicted molar refractivity (Wildman–Crippen MR) is 134 cm³/mol. The summed E-state index contributed by atoms with van der Waals surface area (Å²) in [7, 11) is 0. The first-order chi connectivity index (χ1) is 14.5. The number of anilines is 2. The molecule has 162 valence electrons. The van der Waals surface area contributed by atoms with Crippen molar-refractivity contribution in [1.29, 1.82) is 0 Å². The van der Waals surface area contributed by atoms with E-state index in [1.807, 2.05) is 11.8 Å². The van der Waals surface area contributed by atoms with Gasteiger partial charge >= 0.3 is 5.97 Å². The Labute approximate surface area is 193 Å². The first kappa shape index (κ1) is 23.4. The second-order valence-corrected chi connectivity index (χ2v) is 11.0. The third kappa shape index (κ3) is 5.92. The Bertz CT molecular complexity index is 859. The van der Waals surface area contributed by atoms with Crippen LogP contribution in [0.1, 0.15) is 38.7 Å². The van der Waals surface area contributed by atoms with Crippen LogP contribution >= 0.6 is 35.3 Å². The molecule has 2 aromatic carbocycles. The molecule has 6 heteroatoms. The third-order valence-electron chi connectivity index (χ3n) is 5.45. The first-order valence-corrected chi connectivity index (χ1v) is 13.8. The lowest BCUT2D eigenvalue weighted by Gasteiger charge is -2.34. The number of unbranched alkanes of at least 4 members (excludes halogenated alkanes) is 1.